The second-order valence-corrected chi connectivity index (χ2v) is 3.59. The molecule has 0 aliphatic carbocycles. The zero-order valence-electron chi connectivity index (χ0n) is 9.84. The molecule has 0 saturated heterocycles. The number of carbonyl (C=O) groups is 1. The van der Waals surface area contributed by atoms with Gasteiger partial charge in [0.25, 0.3) is 0 Å². The molecule has 0 aliphatic heterocycles. The van der Waals surface area contributed by atoms with Crippen molar-refractivity contribution in [1.29, 1.82) is 0 Å². The van der Waals surface area contributed by atoms with Crippen molar-refractivity contribution in [3.63, 3.8) is 0 Å². The number of nitrogens with zero attached hydrogens (tertiary/aromatic N) is 2. The first-order valence-electron chi connectivity index (χ1n) is 5.36. The highest BCUT2D eigenvalue weighted by molar-refractivity contribution is 5.99. The minimum absolute atomic E-state index is 0.149. The minimum atomic E-state index is -1.02. The van der Waals surface area contributed by atoms with E-state index in [2.05, 4.69) is 15.0 Å². The Hall–Kier alpha value is -1.99. The van der Waals surface area contributed by atoms with E-state index in [4.69, 9.17) is 14.6 Å². The van der Waals surface area contributed by atoms with E-state index in [1.807, 2.05) is 0 Å². The van der Waals surface area contributed by atoms with Gasteiger partial charge in [-0.3, -0.25) is 0 Å². The Morgan fingerprint density at radius 3 is 3.06 bits per heavy atom. The topological polar surface area (TPSA) is 97.3 Å². The van der Waals surface area contributed by atoms with Crippen molar-refractivity contribution in [3.05, 3.63) is 23.7 Å². The number of imidazole rings is 1. The number of carboxylic acids is 1. The largest absolute Gasteiger partial charge is 0.478 e. The molecule has 7 nitrogen and oxygen atoms in total. The zero-order valence-corrected chi connectivity index (χ0v) is 9.84. The van der Waals surface area contributed by atoms with E-state index in [9.17, 15) is 4.79 Å². The van der Waals surface area contributed by atoms with Gasteiger partial charge in [0.15, 0.2) is 5.65 Å². The van der Waals surface area contributed by atoms with E-state index < -0.39 is 5.97 Å². The highest BCUT2D eigenvalue weighted by Gasteiger charge is 2.12. The summed E-state index contributed by atoms with van der Waals surface area (Å²) >= 11 is 0. The number of nitrogens with one attached hydrogen (secondary N) is 1. The molecule has 0 unspecified atom stereocenters. The third-order valence-corrected chi connectivity index (χ3v) is 2.34. The van der Waals surface area contributed by atoms with Crippen LogP contribution in [-0.4, -0.2) is 46.4 Å². The molecular formula is C11H13N3O4. The summed E-state index contributed by atoms with van der Waals surface area (Å²) in [7, 11) is 1.59. The molecule has 0 radical (unpaired) electrons. The summed E-state index contributed by atoms with van der Waals surface area (Å²) in [5.74, 6) is -0.472. The molecule has 0 bridgehead atoms. The van der Waals surface area contributed by atoms with Gasteiger partial charge in [0.05, 0.1) is 24.3 Å². The van der Waals surface area contributed by atoms with Crippen molar-refractivity contribution in [2.75, 3.05) is 20.3 Å². The second kappa shape index (κ2) is 5.56. The van der Waals surface area contributed by atoms with Gasteiger partial charge in [-0.05, 0) is 6.07 Å². The molecule has 0 spiro atoms. The lowest BCUT2D eigenvalue weighted by Crippen LogP contribution is -2.02. The number of hydrogen-bond donors (Lipinski definition) is 2. The van der Waals surface area contributed by atoms with Crippen LogP contribution in [0, 0.1) is 0 Å². The molecule has 2 heterocycles. The number of fused-ring (bicyclic) bond motifs is 1. The third kappa shape index (κ3) is 2.63. The molecule has 96 valence electrons. The monoisotopic (exact) mass is 251 g/mol. The third-order valence-electron chi connectivity index (χ3n) is 2.34. The van der Waals surface area contributed by atoms with Crippen molar-refractivity contribution in [1.82, 2.24) is 15.0 Å². The van der Waals surface area contributed by atoms with Gasteiger partial charge in [0.1, 0.15) is 12.4 Å². The first kappa shape index (κ1) is 12.5. The van der Waals surface area contributed by atoms with Gasteiger partial charge >= 0.3 is 5.97 Å². The summed E-state index contributed by atoms with van der Waals surface area (Å²) in [6, 6.07) is 1.43. The molecule has 18 heavy (non-hydrogen) atoms. The number of aromatic carboxylic acids is 1. The highest BCUT2D eigenvalue weighted by atomic mass is 16.5. The fourth-order valence-corrected chi connectivity index (χ4v) is 1.52. The normalized spacial score (nSPS) is 10.9. The standard InChI is InChI=1S/C11H13N3O4/c1-17-4-5-18-6-8-13-9-7(11(15)16)2-3-12-10(9)14-8/h2-3H,4-6H2,1H3,(H,15,16)(H,12,13,14). The number of hydrogen-bond acceptors (Lipinski definition) is 5. The van der Waals surface area contributed by atoms with E-state index in [1.54, 1.807) is 7.11 Å². The molecule has 0 amide bonds. The van der Waals surface area contributed by atoms with Crippen LogP contribution in [0.2, 0.25) is 0 Å². The second-order valence-electron chi connectivity index (χ2n) is 3.59. The molecule has 2 rings (SSSR count). The van der Waals surface area contributed by atoms with E-state index in [0.29, 0.717) is 30.2 Å². The SMILES string of the molecule is COCCOCc1nc2nccc(C(=O)O)c2[nH]1. The van der Waals surface area contributed by atoms with E-state index in [1.165, 1.54) is 12.3 Å². The number of carboxylic acid groups (broad SMARTS) is 1. The predicted molar refractivity (Wildman–Crippen MR) is 62.4 cm³/mol. The lowest BCUT2D eigenvalue weighted by molar-refractivity contribution is 0.0590. The van der Waals surface area contributed by atoms with E-state index in [-0.39, 0.29) is 12.2 Å². The van der Waals surface area contributed by atoms with Crippen LogP contribution in [0.15, 0.2) is 12.3 Å². The maximum absolute atomic E-state index is 11.0. The van der Waals surface area contributed by atoms with Gasteiger partial charge in [-0.1, -0.05) is 0 Å². The fraction of sp³-hybridized carbons (Fsp3) is 0.364. The molecule has 0 aromatic carbocycles. The molecule has 0 fully saturated rings. The van der Waals surface area contributed by atoms with Gasteiger partial charge in [0.2, 0.25) is 0 Å². The van der Waals surface area contributed by atoms with Crippen LogP contribution in [0.25, 0.3) is 11.2 Å². The molecule has 2 N–H and O–H groups in total. The van der Waals surface area contributed by atoms with Crippen LogP contribution in [0.5, 0.6) is 0 Å². The average Bonchev–Trinajstić information content (AvgIpc) is 2.76. The van der Waals surface area contributed by atoms with Gasteiger partial charge in [-0.25, -0.2) is 14.8 Å². The highest BCUT2D eigenvalue weighted by Crippen LogP contribution is 2.14. The number of aromatic amines is 1. The molecule has 2 aromatic heterocycles. The molecule has 0 aliphatic rings. The average molecular weight is 251 g/mol. The van der Waals surface area contributed by atoms with Crippen LogP contribution in [0.4, 0.5) is 0 Å². The maximum atomic E-state index is 11.0. The summed E-state index contributed by atoms with van der Waals surface area (Å²) in [4.78, 5) is 22.1. The Bertz CT molecular complexity index is 552. The summed E-state index contributed by atoms with van der Waals surface area (Å²) < 4.78 is 10.1. The smallest absolute Gasteiger partial charge is 0.338 e. The minimum Gasteiger partial charge on any atom is -0.478 e. The Morgan fingerprint density at radius 2 is 2.33 bits per heavy atom. The van der Waals surface area contributed by atoms with Gasteiger partial charge in [-0.15, -0.1) is 0 Å². The first-order valence-corrected chi connectivity index (χ1v) is 5.36. The number of methoxy groups -OCH3 is 1. The van der Waals surface area contributed by atoms with Gasteiger partial charge < -0.3 is 19.6 Å². The lowest BCUT2D eigenvalue weighted by Gasteiger charge is -1.99. The fourth-order valence-electron chi connectivity index (χ4n) is 1.52. The molecule has 7 heteroatoms. The van der Waals surface area contributed by atoms with Crippen LogP contribution in [0.3, 0.4) is 0 Å². The van der Waals surface area contributed by atoms with Gasteiger partial charge in [0, 0.05) is 13.3 Å². The lowest BCUT2D eigenvalue weighted by atomic mass is 10.2. The van der Waals surface area contributed by atoms with E-state index in [0.717, 1.165) is 0 Å². The Kier molecular flexibility index (Phi) is 3.85. The van der Waals surface area contributed by atoms with Crippen molar-refractivity contribution in [2.24, 2.45) is 0 Å². The summed E-state index contributed by atoms with van der Waals surface area (Å²) in [6.07, 6.45) is 1.42. The number of aromatic nitrogens is 3. The Labute approximate surface area is 103 Å². The van der Waals surface area contributed by atoms with Crippen LogP contribution in [0.1, 0.15) is 16.2 Å². The number of pyridine rings is 1. The van der Waals surface area contributed by atoms with Crippen molar-refractivity contribution in [2.45, 2.75) is 6.61 Å². The number of rotatable bonds is 6. The maximum Gasteiger partial charge on any atom is 0.338 e. The van der Waals surface area contributed by atoms with Crippen LogP contribution < -0.4 is 0 Å². The Balaban J connectivity index is 2.17. The quantitative estimate of drug-likeness (QED) is 0.737. The zero-order chi connectivity index (χ0) is 13.0. The van der Waals surface area contributed by atoms with E-state index >= 15 is 0 Å². The first-order chi connectivity index (χ1) is 8.72. The number of H-pyrrole nitrogens is 1. The number of ether oxygens (including phenoxy) is 2. The van der Waals surface area contributed by atoms with Crippen LogP contribution >= 0.6 is 0 Å². The molecular weight excluding hydrogens is 238 g/mol. The van der Waals surface area contributed by atoms with Crippen molar-refractivity contribution >= 4 is 17.1 Å². The Morgan fingerprint density at radius 1 is 1.50 bits per heavy atom. The summed E-state index contributed by atoms with van der Waals surface area (Å²) in [5.41, 5.74) is 0.936. The van der Waals surface area contributed by atoms with Crippen LogP contribution in [-0.2, 0) is 16.1 Å². The summed E-state index contributed by atoms with van der Waals surface area (Å²) in [6.45, 7) is 1.21. The molecule has 0 atom stereocenters. The van der Waals surface area contributed by atoms with Gasteiger partial charge in [-0.2, -0.15) is 0 Å². The molecule has 0 saturated carbocycles. The summed E-state index contributed by atoms with van der Waals surface area (Å²) in [5, 5.41) is 9.01. The van der Waals surface area contributed by atoms with Crippen molar-refractivity contribution < 1.29 is 19.4 Å². The van der Waals surface area contributed by atoms with Crippen molar-refractivity contribution in [3.8, 4) is 0 Å². The molecule has 2 aromatic rings. The predicted octanol–water partition coefficient (Wildman–Crippen LogP) is 0.819.